The predicted octanol–water partition coefficient (Wildman–Crippen LogP) is 4.19. The van der Waals surface area contributed by atoms with Crippen molar-refractivity contribution in [3.63, 3.8) is 0 Å². The average molecular weight is 416 g/mol. The van der Waals surface area contributed by atoms with Crippen molar-refractivity contribution in [3.05, 3.63) is 5.73 Å². The summed E-state index contributed by atoms with van der Waals surface area (Å²) in [5, 5.41) is 11.0. The molecule has 4 nitrogen and oxygen atoms in total. The third-order valence-electron chi connectivity index (χ3n) is 1.60. The van der Waals surface area contributed by atoms with E-state index < -0.39 is 0 Å². The van der Waals surface area contributed by atoms with Gasteiger partial charge in [0.2, 0.25) is 0 Å². The van der Waals surface area contributed by atoms with Crippen molar-refractivity contribution in [1.82, 2.24) is 5.32 Å². The second-order valence-electron chi connectivity index (χ2n) is 4.59. The zero-order valence-electron chi connectivity index (χ0n) is 14.9. The van der Waals surface area contributed by atoms with Crippen molar-refractivity contribution >= 4 is 21.6 Å². The quantitative estimate of drug-likeness (QED) is 0.335. The summed E-state index contributed by atoms with van der Waals surface area (Å²) in [5.74, 6) is 0.675. The van der Waals surface area contributed by atoms with E-state index >= 15 is 0 Å². The van der Waals surface area contributed by atoms with Crippen LogP contribution in [-0.2, 0) is 37.4 Å². The van der Waals surface area contributed by atoms with Gasteiger partial charge in [-0.3, -0.25) is 0 Å². The third-order valence-corrected chi connectivity index (χ3v) is 4.57. The molecule has 0 aliphatic rings. The maximum absolute atomic E-state index is 7.57. The number of hydrogen-bond donors (Lipinski definition) is 2. The summed E-state index contributed by atoms with van der Waals surface area (Å²) in [6, 6.07) is 0.537. The van der Waals surface area contributed by atoms with Crippen molar-refractivity contribution in [1.29, 1.82) is 0 Å². The number of hydrogen-bond acceptors (Lipinski definition) is 5. The fourth-order valence-electron chi connectivity index (χ4n) is 0.828. The standard InChI is InChI=1S/C10H23N2OS2.C2H6O.C2H6.Y/c1-9(2)12-7-10(3,4)15-14-8-13-6-5-11;1-2-3;1-2;/h9,11-12H,5-8H2,1-4H3;3H,2H2,1H3;1-2H3;/q-1;;;. The van der Waals surface area contributed by atoms with Crippen molar-refractivity contribution in [3.8, 4) is 0 Å². The molecule has 0 saturated carbocycles. The molecule has 7 heteroatoms. The van der Waals surface area contributed by atoms with E-state index in [1.54, 1.807) is 17.7 Å². The van der Waals surface area contributed by atoms with Gasteiger partial charge in [0.1, 0.15) is 5.94 Å². The monoisotopic (exact) mass is 416 g/mol. The SMILES string of the molecule is CC.CC(C)NCC(C)(C)SSCOCC[NH-].CCO.[Y]. The average Bonchev–Trinajstić information content (AvgIpc) is 2.40. The van der Waals surface area contributed by atoms with E-state index in [1.165, 1.54) is 0 Å². The first-order valence-electron chi connectivity index (χ1n) is 7.26. The van der Waals surface area contributed by atoms with Crippen LogP contribution < -0.4 is 5.32 Å². The van der Waals surface area contributed by atoms with Gasteiger partial charge in [-0.05, 0) is 20.8 Å². The van der Waals surface area contributed by atoms with E-state index in [0.717, 1.165) is 6.54 Å². The molecule has 0 aromatic rings. The van der Waals surface area contributed by atoms with Crippen LogP contribution >= 0.6 is 21.6 Å². The van der Waals surface area contributed by atoms with Crippen molar-refractivity contribution in [2.24, 2.45) is 0 Å². The van der Waals surface area contributed by atoms with Crippen LogP contribution in [0.4, 0.5) is 0 Å². The summed E-state index contributed by atoms with van der Waals surface area (Å²) in [6.45, 7) is 16.6. The van der Waals surface area contributed by atoms with Crippen LogP contribution in [0.15, 0.2) is 0 Å². The van der Waals surface area contributed by atoms with E-state index in [0.29, 0.717) is 25.1 Å². The molecule has 0 aromatic carbocycles. The van der Waals surface area contributed by atoms with Crippen molar-refractivity contribution in [2.45, 2.75) is 59.3 Å². The Labute approximate surface area is 165 Å². The van der Waals surface area contributed by atoms with Gasteiger partial charge >= 0.3 is 0 Å². The van der Waals surface area contributed by atoms with Gasteiger partial charge in [0.15, 0.2) is 0 Å². The molecule has 0 unspecified atom stereocenters. The predicted molar refractivity (Wildman–Crippen MR) is 96.5 cm³/mol. The third kappa shape index (κ3) is 34.1. The van der Waals surface area contributed by atoms with E-state index in [-0.39, 0.29) is 44.1 Å². The van der Waals surface area contributed by atoms with E-state index in [4.69, 9.17) is 15.6 Å². The minimum atomic E-state index is 0. The molecule has 0 saturated heterocycles. The summed E-state index contributed by atoms with van der Waals surface area (Å²) in [6.07, 6.45) is 0. The van der Waals surface area contributed by atoms with Gasteiger partial charge < -0.3 is 20.9 Å². The van der Waals surface area contributed by atoms with Gasteiger partial charge in [-0.2, -0.15) is 0 Å². The minimum Gasteiger partial charge on any atom is -0.676 e. The Morgan fingerprint density at radius 2 is 1.76 bits per heavy atom. The van der Waals surface area contributed by atoms with Crippen molar-refractivity contribution in [2.75, 3.05) is 32.2 Å². The van der Waals surface area contributed by atoms with Crippen LogP contribution in [0.25, 0.3) is 5.73 Å². The van der Waals surface area contributed by atoms with Gasteiger partial charge in [-0.25, -0.2) is 0 Å². The zero-order valence-corrected chi connectivity index (χ0v) is 19.3. The summed E-state index contributed by atoms with van der Waals surface area (Å²) in [5.41, 5.74) is 6.92. The van der Waals surface area contributed by atoms with E-state index in [9.17, 15) is 0 Å². The first-order chi connectivity index (χ1) is 9.39. The summed E-state index contributed by atoms with van der Waals surface area (Å²) in [7, 11) is 3.56. The van der Waals surface area contributed by atoms with Crippen LogP contribution in [0.5, 0.6) is 0 Å². The molecule has 21 heavy (non-hydrogen) atoms. The number of aliphatic hydroxyl groups excluding tert-OH is 1. The van der Waals surface area contributed by atoms with Gasteiger partial charge in [-0.15, -0.1) is 6.54 Å². The molecule has 3 N–H and O–H groups in total. The maximum atomic E-state index is 7.57. The van der Waals surface area contributed by atoms with Crippen LogP contribution in [-0.4, -0.2) is 48.1 Å². The van der Waals surface area contributed by atoms with E-state index in [1.807, 2.05) is 24.6 Å². The molecular weight excluding hydrogens is 381 g/mol. The molecule has 0 heterocycles. The number of ether oxygens (including phenoxy) is 1. The molecule has 0 spiro atoms. The molecule has 0 fully saturated rings. The largest absolute Gasteiger partial charge is 0.676 e. The van der Waals surface area contributed by atoms with Crippen LogP contribution in [0.1, 0.15) is 48.5 Å². The Morgan fingerprint density at radius 1 is 1.29 bits per heavy atom. The topological polar surface area (TPSA) is 65.3 Å². The number of nitrogens with one attached hydrogen (secondary N) is 2. The first kappa shape index (κ1) is 30.5. The molecular formula is C14H35N2O2S2Y-. The first-order valence-corrected chi connectivity index (χ1v) is 9.58. The Morgan fingerprint density at radius 3 is 2.14 bits per heavy atom. The Hall–Kier alpha value is 1.64. The van der Waals surface area contributed by atoms with Crippen LogP contribution in [0.2, 0.25) is 0 Å². The second-order valence-corrected chi connectivity index (χ2v) is 7.54. The molecule has 0 rings (SSSR count). The molecule has 0 atom stereocenters. The molecule has 0 aromatic heterocycles. The Kier molecular flexibility index (Phi) is 34.7. The van der Waals surface area contributed by atoms with Gasteiger partial charge in [0, 0.05) is 63.3 Å². The zero-order chi connectivity index (χ0) is 16.4. The van der Waals surface area contributed by atoms with E-state index in [2.05, 4.69) is 33.0 Å². The molecule has 0 bridgehead atoms. The van der Waals surface area contributed by atoms with Crippen molar-refractivity contribution < 1.29 is 42.6 Å². The van der Waals surface area contributed by atoms with Gasteiger partial charge in [0.25, 0.3) is 0 Å². The minimum absolute atomic E-state index is 0. The summed E-state index contributed by atoms with van der Waals surface area (Å²) in [4.78, 5) is 0. The number of rotatable bonds is 9. The molecule has 129 valence electrons. The normalized spacial score (nSPS) is 10.0. The maximum Gasteiger partial charge on any atom is 0.102 e. The Balaban J connectivity index is -0.000000212. The van der Waals surface area contributed by atoms with Gasteiger partial charge in [-0.1, -0.05) is 49.3 Å². The fourth-order valence-corrected chi connectivity index (χ4v) is 3.01. The number of aliphatic hydroxyl groups is 1. The van der Waals surface area contributed by atoms with Gasteiger partial charge in [0.05, 0.1) is 0 Å². The van der Waals surface area contributed by atoms with Crippen LogP contribution in [0.3, 0.4) is 0 Å². The molecule has 0 aliphatic heterocycles. The molecule has 0 amide bonds. The Bertz CT molecular complexity index is 177. The summed E-state index contributed by atoms with van der Waals surface area (Å²) < 4.78 is 5.46. The summed E-state index contributed by atoms with van der Waals surface area (Å²) >= 11 is 0. The fraction of sp³-hybridized carbons (Fsp3) is 1.00. The molecule has 0 aliphatic carbocycles. The van der Waals surface area contributed by atoms with Crippen LogP contribution in [0, 0.1) is 0 Å². The smallest absolute Gasteiger partial charge is 0.102 e. The molecule has 1 radical (unpaired) electrons. The second kappa shape index (κ2) is 23.9.